The van der Waals surface area contributed by atoms with Gasteiger partial charge >= 0.3 is 5.97 Å². The van der Waals surface area contributed by atoms with Crippen molar-refractivity contribution < 1.29 is 14.7 Å². The maximum atomic E-state index is 12.5. The van der Waals surface area contributed by atoms with E-state index in [9.17, 15) is 14.7 Å². The molecule has 9 nitrogen and oxygen atoms in total. The molecule has 3 rings (SSSR count). The smallest absolute Gasteiger partial charge is 0.337 e. The Morgan fingerprint density at radius 1 is 1.24 bits per heavy atom. The van der Waals surface area contributed by atoms with Crippen molar-refractivity contribution in [1.82, 2.24) is 25.6 Å². The zero-order valence-electron chi connectivity index (χ0n) is 13.2. The molecule has 0 fully saturated rings. The molecule has 1 amide bonds. The number of pyridine rings is 1. The van der Waals surface area contributed by atoms with Crippen molar-refractivity contribution in [2.75, 3.05) is 4.90 Å². The summed E-state index contributed by atoms with van der Waals surface area (Å²) in [4.78, 5) is 29.7. The summed E-state index contributed by atoms with van der Waals surface area (Å²) < 4.78 is 0. The fraction of sp³-hybridized carbons (Fsp3) is 0.125. The number of carbonyl (C=O) groups excluding carboxylic acids is 1. The molecule has 126 valence electrons. The number of anilines is 2. The average molecular weight is 338 g/mol. The molecule has 0 saturated carbocycles. The molecule has 0 saturated heterocycles. The number of hydrogen-bond donors (Lipinski definition) is 2. The van der Waals surface area contributed by atoms with Crippen LogP contribution >= 0.6 is 0 Å². The van der Waals surface area contributed by atoms with Crippen LogP contribution in [0.3, 0.4) is 0 Å². The Hall–Kier alpha value is -3.62. The molecule has 0 aliphatic rings. The van der Waals surface area contributed by atoms with Gasteiger partial charge in [-0.2, -0.15) is 5.21 Å². The average Bonchev–Trinajstić information content (AvgIpc) is 3.17. The summed E-state index contributed by atoms with van der Waals surface area (Å²) >= 11 is 0. The van der Waals surface area contributed by atoms with Gasteiger partial charge in [-0.25, -0.2) is 9.78 Å². The number of tetrazole rings is 1. The molecule has 0 atom stereocenters. The molecule has 0 unspecified atom stereocenters. The van der Waals surface area contributed by atoms with Crippen LogP contribution in [-0.2, 0) is 4.79 Å². The number of nitrogens with zero attached hydrogens (tertiary/aromatic N) is 5. The Balaban J connectivity index is 2.16. The highest BCUT2D eigenvalue weighted by Crippen LogP contribution is 2.31. The number of carboxylic acid groups (broad SMARTS) is 1. The number of H-pyrrole nitrogens is 1. The number of nitrogens with one attached hydrogen (secondary N) is 1. The number of amides is 1. The number of carboxylic acids is 1. The van der Waals surface area contributed by atoms with Gasteiger partial charge in [-0.15, -0.1) is 10.2 Å². The molecule has 2 aromatic heterocycles. The van der Waals surface area contributed by atoms with Gasteiger partial charge in [0.25, 0.3) is 0 Å². The molecular formula is C16H14N6O3. The van der Waals surface area contributed by atoms with Crippen LogP contribution in [0.5, 0.6) is 0 Å². The molecular weight excluding hydrogens is 324 g/mol. The van der Waals surface area contributed by atoms with Gasteiger partial charge in [0.05, 0.1) is 11.3 Å². The third-order valence-electron chi connectivity index (χ3n) is 3.50. The largest absolute Gasteiger partial charge is 0.478 e. The molecule has 25 heavy (non-hydrogen) atoms. The van der Waals surface area contributed by atoms with Gasteiger partial charge in [0.15, 0.2) is 0 Å². The Morgan fingerprint density at radius 3 is 2.68 bits per heavy atom. The first-order valence-corrected chi connectivity index (χ1v) is 7.47. The van der Waals surface area contributed by atoms with Crippen molar-refractivity contribution >= 4 is 23.4 Å². The van der Waals surface area contributed by atoms with Gasteiger partial charge in [0.2, 0.25) is 11.7 Å². The summed E-state index contributed by atoms with van der Waals surface area (Å²) in [5, 5.41) is 23.1. The van der Waals surface area contributed by atoms with E-state index in [4.69, 9.17) is 0 Å². The van der Waals surface area contributed by atoms with Crippen molar-refractivity contribution in [3.63, 3.8) is 0 Å². The van der Waals surface area contributed by atoms with Crippen molar-refractivity contribution in [2.45, 2.75) is 13.3 Å². The maximum Gasteiger partial charge on any atom is 0.337 e. The lowest BCUT2D eigenvalue weighted by atomic mass is 10.1. The highest BCUT2D eigenvalue weighted by atomic mass is 16.4. The van der Waals surface area contributed by atoms with Gasteiger partial charge < -0.3 is 5.11 Å². The minimum atomic E-state index is -1.18. The van der Waals surface area contributed by atoms with Gasteiger partial charge in [-0.1, -0.05) is 13.0 Å². The number of hydrogen-bond acceptors (Lipinski definition) is 6. The molecule has 2 N–H and O–H groups in total. The molecule has 0 aliphatic heterocycles. The molecule has 0 aliphatic carbocycles. The second-order valence-electron chi connectivity index (χ2n) is 5.04. The van der Waals surface area contributed by atoms with Gasteiger partial charge in [0.1, 0.15) is 5.82 Å². The standard InChI is InChI=1S/C16H14N6O3/c1-2-14(23)22(13-5-3-4-8-17-13)12-7-6-10(9-11(12)16(24)25)15-18-20-21-19-15/h3-9H,2H2,1H3,(H,24,25)(H,18,19,20,21). The summed E-state index contributed by atoms with van der Waals surface area (Å²) in [6, 6.07) is 9.67. The molecule has 0 spiro atoms. The zero-order valence-corrected chi connectivity index (χ0v) is 13.2. The van der Waals surface area contributed by atoms with Crippen LogP contribution in [0.1, 0.15) is 23.7 Å². The van der Waals surface area contributed by atoms with Gasteiger partial charge in [-0.3, -0.25) is 9.69 Å². The Labute approximate surface area is 142 Å². The normalized spacial score (nSPS) is 10.4. The van der Waals surface area contributed by atoms with E-state index in [0.29, 0.717) is 11.4 Å². The summed E-state index contributed by atoms with van der Waals surface area (Å²) in [6.45, 7) is 1.70. The van der Waals surface area contributed by atoms with Crippen LogP contribution in [0, 0.1) is 0 Å². The molecule has 1 aromatic carbocycles. The lowest BCUT2D eigenvalue weighted by Gasteiger charge is -2.23. The van der Waals surface area contributed by atoms with E-state index in [2.05, 4.69) is 25.6 Å². The Bertz CT molecular complexity index is 895. The lowest BCUT2D eigenvalue weighted by molar-refractivity contribution is -0.117. The van der Waals surface area contributed by atoms with Crippen LogP contribution in [0.2, 0.25) is 0 Å². The van der Waals surface area contributed by atoms with Gasteiger partial charge in [-0.05, 0) is 35.5 Å². The van der Waals surface area contributed by atoms with Crippen molar-refractivity contribution in [3.05, 3.63) is 48.2 Å². The zero-order chi connectivity index (χ0) is 17.8. The number of carbonyl (C=O) groups is 2. The second kappa shape index (κ2) is 6.87. The van der Waals surface area contributed by atoms with E-state index in [1.54, 1.807) is 37.4 Å². The summed E-state index contributed by atoms with van der Waals surface area (Å²) in [5.74, 6) is -0.830. The summed E-state index contributed by atoms with van der Waals surface area (Å²) in [7, 11) is 0. The first-order chi connectivity index (χ1) is 12.1. The fourth-order valence-corrected chi connectivity index (χ4v) is 2.36. The Kier molecular flexibility index (Phi) is 4.46. The van der Waals surface area contributed by atoms with Crippen LogP contribution in [-0.4, -0.2) is 42.6 Å². The number of aromatic nitrogens is 5. The Morgan fingerprint density at radius 2 is 2.08 bits per heavy atom. The van der Waals surface area contributed by atoms with Gasteiger partial charge in [0, 0.05) is 18.2 Å². The predicted octanol–water partition coefficient (Wildman–Crippen LogP) is 2.03. The van der Waals surface area contributed by atoms with Crippen molar-refractivity contribution in [2.24, 2.45) is 0 Å². The maximum absolute atomic E-state index is 12.5. The highest BCUT2D eigenvalue weighted by molar-refractivity contribution is 6.06. The number of rotatable bonds is 5. The summed E-state index contributed by atoms with van der Waals surface area (Å²) in [5.41, 5.74) is 0.639. The van der Waals surface area contributed by atoms with E-state index < -0.39 is 5.97 Å². The predicted molar refractivity (Wildman–Crippen MR) is 88.2 cm³/mol. The van der Waals surface area contributed by atoms with E-state index in [1.165, 1.54) is 17.0 Å². The first-order valence-electron chi connectivity index (χ1n) is 7.47. The van der Waals surface area contributed by atoms with Crippen LogP contribution in [0.15, 0.2) is 42.6 Å². The first kappa shape index (κ1) is 16.2. The van der Waals surface area contributed by atoms with Crippen molar-refractivity contribution in [1.29, 1.82) is 0 Å². The minimum Gasteiger partial charge on any atom is -0.478 e. The molecule has 0 radical (unpaired) electrons. The third kappa shape index (κ3) is 3.20. The van der Waals surface area contributed by atoms with E-state index in [0.717, 1.165) is 0 Å². The fourth-order valence-electron chi connectivity index (χ4n) is 2.36. The highest BCUT2D eigenvalue weighted by Gasteiger charge is 2.24. The lowest BCUT2D eigenvalue weighted by Crippen LogP contribution is -2.27. The van der Waals surface area contributed by atoms with Crippen LogP contribution < -0.4 is 4.90 Å². The number of aromatic carboxylic acids is 1. The third-order valence-corrected chi connectivity index (χ3v) is 3.50. The topological polar surface area (TPSA) is 125 Å². The summed E-state index contributed by atoms with van der Waals surface area (Å²) in [6.07, 6.45) is 1.74. The van der Waals surface area contributed by atoms with E-state index >= 15 is 0 Å². The SMILES string of the molecule is CCC(=O)N(c1ccccn1)c1ccc(-c2nn[nH]n2)cc1C(=O)O. The van der Waals surface area contributed by atoms with Crippen molar-refractivity contribution in [3.8, 4) is 11.4 Å². The second-order valence-corrected chi connectivity index (χ2v) is 5.04. The van der Waals surface area contributed by atoms with Crippen LogP contribution in [0.25, 0.3) is 11.4 Å². The van der Waals surface area contributed by atoms with E-state index in [1.807, 2.05) is 0 Å². The molecule has 2 heterocycles. The quantitative estimate of drug-likeness (QED) is 0.729. The van der Waals surface area contributed by atoms with Crippen LogP contribution in [0.4, 0.5) is 11.5 Å². The molecule has 3 aromatic rings. The minimum absolute atomic E-state index is 0.0604. The number of aromatic amines is 1. The number of benzene rings is 1. The van der Waals surface area contributed by atoms with E-state index in [-0.39, 0.29) is 29.4 Å². The molecule has 0 bridgehead atoms. The molecule has 9 heteroatoms. The monoisotopic (exact) mass is 338 g/mol.